The van der Waals surface area contributed by atoms with E-state index in [1.165, 1.54) is 6.07 Å². The van der Waals surface area contributed by atoms with Gasteiger partial charge in [-0.1, -0.05) is 12.1 Å². The zero-order valence-electron chi connectivity index (χ0n) is 11.4. The topological polar surface area (TPSA) is 87.7 Å². The first-order valence-corrected chi connectivity index (χ1v) is 6.28. The third-order valence-electron chi connectivity index (χ3n) is 2.39. The van der Waals surface area contributed by atoms with Crippen LogP contribution >= 0.6 is 0 Å². The Kier molecular flexibility index (Phi) is 6.64. The summed E-state index contributed by atoms with van der Waals surface area (Å²) in [5.74, 6) is -1.91. The van der Waals surface area contributed by atoms with Crippen molar-refractivity contribution in [2.45, 2.75) is 6.18 Å². The van der Waals surface area contributed by atoms with E-state index < -0.39 is 31.2 Å². The van der Waals surface area contributed by atoms with Crippen molar-refractivity contribution in [2.75, 3.05) is 31.6 Å². The molecule has 0 aliphatic rings. The highest BCUT2D eigenvalue weighted by Gasteiger charge is 2.27. The van der Waals surface area contributed by atoms with Gasteiger partial charge in [0.2, 0.25) is 0 Å². The van der Waals surface area contributed by atoms with E-state index in [2.05, 4.69) is 10.1 Å². The Bertz CT molecular complexity index is 520. The third-order valence-corrected chi connectivity index (χ3v) is 2.39. The van der Waals surface area contributed by atoms with Crippen LogP contribution in [0.4, 0.5) is 18.9 Å². The van der Waals surface area contributed by atoms with Crippen LogP contribution in [-0.2, 0) is 9.53 Å². The van der Waals surface area contributed by atoms with E-state index in [0.717, 1.165) is 0 Å². The Morgan fingerprint density at radius 3 is 2.55 bits per heavy atom. The van der Waals surface area contributed by atoms with Gasteiger partial charge in [0.15, 0.2) is 6.61 Å². The third kappa shape index (κ3) is 6.44. The minimum absolute atomic E-state index is 0.111. The number of esters is 1. The number of para-hydroxylation sites is 1. The predicted molar refractivity (Wildman–Crippen MR) is 71.4 cm³/mol. The highest BCUT2D eigenvalue weighted by atomic mass is 19.4. The summed E-state index contributed by atoms with van der Waals surface area (Å²) < 4.78 is 40.4. The van der Waals surface area contributed by atoms with Crippen LogP contribution in [0.3, 0.4) is 0 Å². The van der Waals surface area contributed by atoms with Crippen LogP contribution in [0.2, 0.25) is 0 Å². The van der Waals surface area contributed by atoms with Crippen LogP contribution in [0.25, 0.3) is 0 Å². The summed E-state index contributed by atoms with van der Waals surface area (Å²) in [6.45, 7) is -2.25. The number of nitrogens with one attached hydrogen (secondary N) is 2. The number of aliphatic hydroxyl groups is 1. The Morgan fingerprint density at radius 1 is 1.23 bits per heavy atom. The van der Waals surface area contributed by atoms with E-state index >= 15 is 0 Å². The Hall–Kier alpha value is -2.29. The average Bonchev–Trinajstić information content (AvgIpc) is 2.48. The lowest BCUT2D eigenvalue weighted by atomic mass is 10.2. The molecule has 0 bridgehead atoms. The van der Waals surface area contributed by atoms with Crippen molar-refractivity contribution < 1.29 is 32.6 Å². The molecular weight excluding hydrogens is 305 g/mol. The Morgan fingerprint density at radius 2 is 1.91 bits per heavy atom. The summed E-state index contributed by atoms with van der Waals surface area (Å²) >= 11 is 0. The molecule has 0 heterocycles. The monoisotopic (exact) mass is 320 g/mol. The summed E-state index contributed by atoms with van der Waals surface area (Å²) in [6.07, 6.45) is -4.53. The van der Waals surface area contributed by atoms with Crippen LogP contribution in [0, 0.1) is 0 Å². The van der Waals surface area contributed by atoms with Gasteiger partial charge in [0.1, 0.15) is 6.54 Å². The van der Waals surface area contributed by atoms with Gasteiger partial charge in [0.05, 0.1) is 12.2 Å². The fourth-order valence-corrected chi connectivity index (χ4v) is 1.46. The quantitative estimate of drug-likeness (QED) is 0.651. The molecule has 6 nitrogen and oxygen atoms in total. The zero-order chi connectivity index (χ0) is 16.6. The van der Waals surface area contributed by atoms with Gasteiger partial charge in [-0.15, -0.1) is 0 Å². The molecule has 0 aliphatic heterocycles. The minimum Gasteiger partial charge on any atom is -0.452 e. The molecular formula is C13H15F3N2O4. The first-order valence-electron chi connectivity index (χ1n) is 6.28. The van der Waals surface area contributed by atoms with E-state index in [0.29, 0.717) is 5.69 Å². The molecule has 22 heavy (non-hydrogen) atoms. The smallest absolute Gasteiger partial charge is 0.405 e. The van der Waals surface area contributed by atoms with Crippen molar-refractivity contribution in [3.8, 4) is 0 Å². The van der Waals surface area contributed by atoms with Crippen molar-refractivity contribution >= 4 is 17.6 Å². The number of halogens is 3. The molecule has 1 aromatic rings. The molecule has 3 N–H and O–H groups in total. The molecule has 0 atom stereocenters. The number of carbonyl (C=O) groups excluding carboxylic acids is 2. The molecule has 0 unspecified atom stereocenters. The number of hydrogen-bond acceptors (Lipinski definition) is 5. The summed E-state index contributed by atoms with van der Waals surface area (Å²) in [5.41, 5.74) is 0.497. The van der Waals surface area contributed by atoms with Gasteiger partial charge >= 0.3 is 12.1 Å². The van der Waals surface area contributed by atoms with Crippen molar-refractivity contribution in [2.24, 2.45) is 0 Å². The first-order chi connectivity index (χ1) is 10.3. The van der Waals surface area contributed by atoms with Crippen molar-refractivity contribution in [3.63, 3.8) is 0 Å². The van der Waals surface area contributed by atoms with E-state index in [4.69, 9.17) is 5.11 Å². The molecule has 0 fully saturated rings. The SMILES string of the molecule is O=C(COC(=O)c1ccccc1NCCO)NCC(F)(F)F. The number of hydrogen-bond donors (Lipinski definition) is 3. The van der Waals surface area contributed by atoms with Gasteiger partial charge in [-0.2, -0.15) is 13.2 Å². The van der Waals surface area contributed by atoms with Crippen LogP contribution in [0.5, 0.6) is 0 Å². The summed E-state index contributed by atoms with van der Waals surface area (Å²) in [6, 6.07) is 6.20. The highest BCUT2D eigenvalue weighted by Crippen LogP contribution is 2.16. The zero-order valence-corrected chi connectivity index (χ0v) is 11.4. The first kappa shape index (κ1) is 17.8. The lowest BCUT2D eigenvalue weighted by Crippen LogP contribution is -2.36. The molecule has 1 amide bonds. The molecule has 1 rings (SSSR count). The van der Waals surface area contributed by atoms with Crippen LogP contribution in [0.15, 0.2) is 24.3 Å². The van der Waals surface area contributed by atoms with Crippen molar-refractivity contribution in [1.29, 1.82) is 0 Å². The van der Waals surface area contributed by atoms with E-state index in [1.807, 2.05) is 0 Å². The maximum Gasteiger partial charge on any atom is 0.405 e. The minimum atomic E-state index is -4.53. The second-order valence-electron chi connectivity index (χ2n) is 4.16. The summed E-state index contributed by atoms with van der Waals surface area (Å²) in [5, 5.41) is 13.1. The van der Waals surface area contributed by atoms with E-state index in [9.17, 15) is 22.8 Å². The molecule has 0 saturated carbocycles. The average molecular weight is 320 g/mol. The largest absolute Gasteiger partial charge is 0.452 e. The molecule has 0 saturated heterocycles. The number of alkyl halides is 3. The van der Waals surface area contributed by atoms with E-state index in [-0.39, 0.29) is 18.7 Å². The maximum atomic E-state index is 11.9. The molecule has 0 aliphatic carbocycles. The number of aliphatic hydroxyl groups excluding tert-OH is 1. The molecule has 0 aromatic heterocycles. The van der Waals surface area contributed by atoms with Crippen molar-refractivity contribution in [1.82, 2.24) is 5.32 Å². The van der Waals surface area contributed by atoms with Gasteiger partial charge < -0.3 is 20.5 Å². The Labute approximate surface area is 124 Å². The van der Waals surface area contributed by atoms with Crippen LogP contribution in [-0.4, -0.2) is 49.5 Å². The Balaban J connectivity index is 2.53. The molecule has 0 radical (unpaired) electrons. The number of benzene rings is 1. The fraction of sp³-hybridized carbons (Fsp3) is 0.385. The number of carbonyl (C=O) groups is 2. The number of rotatable bonds is 7. The van der Waals surface area contributed by atoms with Crippen LogP contribution < -0.4 is 10.6 Å². The lowest BCUT2D eigenvalue weighted by Gasteiger charge is -2.11. The maximum absolute atomic E-state index is 11.9. The number of ether oxygens (including phenoxy) is 1. The second kappa shape index (κ2) is 8.23. The van der Waals surface area contributed by atoms with Gasteiger partial charge in [-0.25, -0.2) is 4.79 Å². The normalized spacial score (nSPS) is 10.9. The van der Waals surface area contributed by atoms with Gasteiger partial charge in [0.25, 0.3) is 5.91 Å². The fourth-order valence-electron chi connectivity index (χ4n) is 1.46. The molecule has 1 aromatic carbocycles. The molecule has 0 spiro atoms. The molecule has 122 valence electrons. The predicted octanol–water partition coefficient (Wildman–Crippen LogP) is 0.926. The highest BCUT2D eigenvalue weighted by molar-refractivity contribution is 5.96. The second-order valence-corrected chi connectivity index (χ2v) is 4.16. The summed E-state index contributed by atoms with van der Waals surface area (Å²) in [4.78, 5) is 23.0. The summed E-state index contributed by atoms with van der Waals surface area (Å²) in [7, 11) is 0. The van der Waals surface area contributed by atoms with Gasteiger partial charge in [-0.3, -0.25) is 4.79 Å². The van der Waals surface area contributed by atoms with Gasteiger partial charge in [-0.05, 0) is 12.1 Å². The standard InChI is InChI=1S/C13H15F3N2O4/c14-13(15,16)8-18-11(20)7-22-12(21)9-3-1-2-4-10(9)17-5-6-19/h1-4,17,19H,5-8H2,(H,18,20). The number of amides is 1. The molecule has 9 heteroatoms. The number of anilines is 1. The van der Waals surface area contributed by atoms with Gasteiger partial charge in [0, 0.05) is 12.2 Å². The van der Waals surface area contributed by atoms with Crippen LogP contribution in [0.1, 0.15) is 10.4 Å². The lowest BCUT2D eigenvalue weighted by molar-refractivity contribution is -0.140. The van der Waals surface area contributed by atoms with Crippen molar-refractivity contribution in [3.05, 3.63) is 29.8 Å². The van der Waals surface area contributed by atoms with E-state index in [1.54, 1.807) is 23.5 Å².